The SMILES string of the molecule is N#Cc1ccc(Cl)c(S(=O)(=O)NC2CCCCC2CO)c1. The monoisotopic (exact) mass is 328 g/mol. The van der Waals surface area contributed by atoms with Gasteiger partial charge in [-0.1, -0.05) is 24.4 Å². The predicted molar refractivity (Wildman–Crippen MR) is 79.3 cm³/mol. The van der Waals surface area contributed by atoms with Crippen LogP contribution in [0.25, 0.3) is 0 Å². The van der Waals surface area contributed by atoms with Crippen LogP contribution in [-0.2, 0) is 10.0 Å². The Morgan fingerprint density at radius 2 is 2.10 bits per heavy atom. The van der Waals surface area contributed by atoms with E-state index in [9.17, 15) is 13.5 Å². The number of aliphatic hydroxyl groups is 1. The normalized spacial score (nSPS) is 22.7. The molecule has 0 heterocycles. The molecule has 2 unspecified atom stereocenters. The zero-order chi connectivity index (χ0) is 15.5. The molecule has 1 saturated carbocycles. The van der Waals surface area contributed by atoms with Crippen LogP contribution in [0.1, 0.15) is 31.2 Å². The van der Waals surface area contributed by atoms with Crippen LogP contribution in [0.4, 0.5) is 0 Å². The van der Waals surface area contributed by atoms with Crippen molar-refractivity contribution in [3.05, 3.63) is 28.8 Å². The molecule has 114 valence electrons. The first kappa shape index (κ1) is 16.2. The van der Waals surface area contributed by atoms with Gasteiger partial charge in [-0.05, 0) is 37.0 Å². The maximum Gasteiger partial charge on any atom is 0.242 e. The molecule has 0 bridgehead atoms. The molecule has 0 saturated heterocycles. The average molecular weight is 329 g/mol. The zero-order valence-corrected chi connectivity index (χ0v) is 13.0. The third-order valence-electron chi connectivity index (χ3n) is 3.80. The highest BCUT2D eigenvalue weighted by molar-refractivity contribution is 7.89. The number of rotatable bonds is 4. The fourth-order valence-corrected chi connectivity index (χ4v) is 4.49. The number of nitrogens with one attached hydrogen (secondary N) is 1. The van der Waals surface area contributed by atoms with Gasteiger partial charge >= 0.3 is 0 Å². The molecule has 0 aliphatic heterocycles. The summed E-state index contributed by atoms with van der Waals surface area (Å²) >= 11 is 5.95. The maximum atomic E-state index is 12.5. The summed E-state index contributed by atoms with van der Waals surface area (Å²) in [7, 11) is -3.81. The Kier molecular flexibility index (Phi) is 5.22. The summed E-state index contributed by atoms with van der Waals surface area (Å²) in [6, 6.07) is 5.74. The van der Waals surface area contributed by atoms with Crippen LogP contribution >= 0.6 is 11.6 Å². The molecule has 2 N–H and O–H groups in total. The summed E-state index contributed by atoms with van der Waals surface area (Å²) in [4.78, 5) is -0.0921. The Morgan fingerprint density at radius 3 is 2.76 bits per heavy atom. The largest absolute Gasteiger partial charge is 0.396 e. The van der Waals surface area contributed by atoms with E-state index in [4.69, 9.17) is 16.9 Å². The molecule has 0 amide bonds. The lowest BCUT2D eigenvalue weighted by molar-refractivity contribution is 0.164. The van der Waals surface area contributed by atoms with Crippen LogP contribution in [0.2, 0.25) is 5.02 Å². The molecule has 21 heavy (non-hydrogen) atoms. The molecule has 0 aromatic heterocycles. The van der Waals surface area contributed by atoms with E-state index in [1.165, 1.54) is 18.2 Å². The number of aliphatic hydroxyl groups excluding tert-OH is 1. The summed E-state index contributed by atoms with van der Waals surface area (Å²) in [5.74, 6) is -0.0774. The summed E-state index contributed by atoms with van der Waals surface area (Å²) in [6.07, 6.45) is 3.42. The molecule has 7 heteroatoms. The zero-order valence-electron chi connectivity index (χ0n) is 11.4. The standard InChI is InChI=1S/C14H17ClN2O3S/c15-12-6-5-10(8-16)7-14(12)21(19,20)17-13-4-2-1-3-11(13)9-18/h5-7,11,13,17-18H,1-4,9H2. The van der Waals surface area contributed by atoms with Crippen LogP contribution in [0.3, 0.4) is 0 Å². The van der Waals surface area contributed by atoms with Crippen molar-refractivity contribution >= 4 is 21.6 Å². The second-order valence-corrected chi connectivity index (χ2v) is 7.30. The van der Waals surface area contributed by atoms with Gasteiger partial charge in [0.15, 0.2) is 0 Å². The van der Waals surface area contributed by atoms with Crippen molar-refractivity contribution in [2.45, 2.75) is 36.6 Å². The number of halogens is 1. The fraction of sp³-hybridized carbons (Fsp3) is 0.500. The van der Waals surface area contributed by atoms with Gasteiger partial charge in [-0.15, -0.1) is 0 Å². The lowest BCUT2D eigenvalue weighted by atomic mass is 9.86. The minimum atomic E-state index is -3.81. The van der Waals surface area contributed by atoms with Crippen molar-refractivity contribution in [2.75, 3.05) is 6.61 Å². The molecule has 0 spiro atoms. The molecule has 1 aliphatic rings. The van der Waals surface area contributed by atoms with E-state index in [0.717, 1.165) is 19.3 Å². The average Bonchev–Trinajstić information content (AvgIpc) is 2.47. The van der Waals surface area contributed by atoms with Crippen molar-refractivity contribution in [1.82, 2.24) is 4.72 Å². The first-order valence-corrected chi connectivity index (χ1v) is 8.67. The van der Waals surface area contributed by atoms with E-state index < -0.39 is 10.0 Å². The van der Waals surface area contributed by atoms with Crippen LogP contribution in [0, 0.1) is 17.2 Å². The van der Waals surface area contributed by atoms with Gasteiger partial charge in [0.05, 0.1) is 16.7 Å². The second-order valence-electron chi connectivity index (χ2n) is 5.21. The summed E-state index contributed by atoms with van der Waals surface area (Å²) in [6.45, 7) is -0.0425. The fourth-order valence-electron chi connectivity index (χ4n) is 2.62. The van der Waals surface area contributed by atoms with E-state index in [-0.39, 0.29) is 34.0 Å². The number of hydrogen-bond acceptors (Lipinski definition) is 4. The Labute approximate surface area is 129 Å². The van der Waals surface area contributed by atoms with Gasteiger partial charge in [-0.2, -0.15) is 5.26 Å². The van der Waals surface area contributed by atoms with Crippen molar-refractivity contribution in [1.29, 1.82) is 5.26 Å². The van der Waals surface area contributed by atoms with E-state index in [1.807, 2.05) is 6.07 Å². The summed E-state index contributed by atoms with van der Waals surface area (Å²) in [5, 5.41) is 18.3. The number of nitrogens with zero attached hydrogens (tertiary/aromatic N) is 1. The Balaban J connectivity index is 2.28. The molecule has 2 atom stereocenters. The van der Waals surface area contributed by atoms with Crippen LogP contribution in [-0.4, -0.2) is 26.2 Å². The highest BCUT2D eigenvalue weighted by Crippen LogP contribution is 2.27. The molecule has 5 nitrogen and oxygen atoms in total. The van der Waals surface area contributed by atoms with Gasteiger partial charge in [-0.3, -0.25) is 0 Å². The van der Waals surface area contributed by atoms with Crippen molar-refractivity contribution in [3.63, 3.8) is 0 Å². The minimum absolute atomic E-state index is 0.0425. The van der Waals surface area contributed by atoms with Crippen LogP contribution in [0.15, 0.2) is 23.1 Å². The Morgan fingerprint density at radius 1 is 1.38 bits per heavy atom. The molecule has 1 aromatic carbocycles. The molecule has 1 aromatic rings. The molecular formula is C14H17ClN2O3S. The van der Waals surface area contributed by atoms with Gasteiger partial charge in [-0.25, -0.2) is 13.1 Å². The summed E-state index contributed by atoms with van der Waals surface area (Å²) in [5.41, 5.74) is 0.238. The Hall–Kier alpha value is -1.13. The van der Waals surface area contributed by atoms with E-state index in [1.54, 1.807) is 0 Å². The lowest BCUT2D eigenvalue weighted by Crippen LogP contribution is -2.43. The smallest absolute Gasteiger partial charge is 0.242 e. The Bertz CT molecular complexity index is 655. The predicted octanol–water partition coefficient (Wildman–Crippen LogP) is 2.04. The second kappa shape index (κ2) is 6.75. The summed E-state index contributed by atoms with van der Waals surface area (Å²) < 4.78 is 27.6. The number of benzene rings is 1. The quantitative estimate of drug-likeness (QED) is 0.885. The highest BCUT2D eigenvalue weighted by Gasteiger charge is 2.30. The lowest BCUT2D eigenvalue weighted by Gasteiger charge is -2.30. The van der Waals surface area contributed by atoms with E-state index in [2.05, 4.69) is 4.72 Å². The molecule has 0 radical (unpaired) electrons. The van der Waals surface area contributed by atoms with Gasteiger partial charge in [0.2, 0.25) is 10.0 Å². The molecule has 2 rings (SSSR count). The van der Waals surface area contributed by atoms with E-state index >= 15 is 0 Å². The van der Waals surface area contributed by atoms with Gasteiger partial charge in [0, 0.05) is 12.6 Å². The van der Waals surface area contributed by atoms with Crippen LogP contribution < -0.4 is 4.72 Å². The van der Waals surface area contributed by atoms with Crippen molar-refractivity contribution in [2.24, 2.45) is 5.92 Å². The first-order chi connectivity index (χ1) is 9.97. The van der Waals surface area contributed by atoms with Crippen LogP contribution in [0.5, 0.6) is 0 Å². The van der Waals surface area contributed by atoms with E-state index in [0.29, 0.717) is 6.42 Å². The first-order valence-electron chi connectivity index (χ1n) is 6.81. The van der Waals surface area contributed by atoms with Gasteiger partial charge in [0.25, 0.3) is 0 Å². The number of hydrogen-bond donors (Lipinski definition) is 2. The molecule has 1 fully saturated rings. The van der Waals surface area contributed by atoms with Gasteiger partial charge in [0.1, 0.15) is 4.90 Å². The third-order valence-corrected chi connectivity index (χ3v) is 5.77. The van der Waals surface area contributed by atoms with Gasteiger partial charge < -0.3 is 5.11 Å². The topological polar surface area (TPSA) is 90.2 Å². The number of nitriles is 1. The number of sulfonamides is 1. The van der Waals surface area contributed by atoms with Crippen molar-refractivity contribution in [3.8, 4) is 6.07 Å². The molecule has 1 aliphatic carbocycles. The maximum absolute atomic E-state index is 12.5. The van der Waals surface area contributed by atoms with Crippen molar-refractivity contribution < 1.29 is 13.5 Å². The highest BCUT2D eigenvalue weighted by atomic mass is 35.5. The molecular weight excluding hydrogens is 312 g/mol. The minimum Gasteiger partial charge on any atom is -0.396 e. The third kappa shape index (κ3) is 3.74.